The highest BCUT2D eigenvalue weighted by Crippen LogP contribution is 2.28. The van der Waals surface area contributed by atoms with Crippen LogP contribution in [0.25, 0.3) is 6.08 Å². The van der Waals surface area contributed by atoms with Crippen LogP contribution in [0.1, 0.15) is 4.88 Å². The van der Waals surface area contributed by atoms with Gasteiger partial charge in [-0.2, -0.15) is 0 Å². The highest BCUT2D eigenvalue weighted by molar-refractivity contribution is 7.10. The third-order valence-corrected chi connectivity index (χ3v) is 3.44. The summed E-state index contributed by atoms with van der Waals surface area (Å²) in [4.78, 5) is 23.1. The highest BCUT2D eigenvalue weighted by atomic mass is 32.1. The Bertz CT molecular complexity index is 680. The predicted molar refractivity (Wildman–Crippen MR) is 81.6 cm³/mol. The number of benzene rings is 1. The zero-order chi connectivity index (χ0) is 15.2. The summed E-state index contributed by atoms with van der Waals surface area (Å²) in [7, 11) is 1.42. The normalized spacial score (nSPS) is 10.5. The van der Waals surface area contributed by atoms with Crippen LogP contribution in [0.5, 0.6) is 5.75 Å². The van der Waals surface area contributed by atoms with Gasteiger partial charge in [0.2, 0.25) is 5.91 Å². The van der Waals surface area contributed by atoms with Gasteiger partial charge in [0.05, 0.1) is 18.1 Å². The summed E-state index contributed by atoms with van der Waals surface area (Å²) in [5.41, 5.74) is -0.0890. The number of carbonyl (C=O) groups is 1. The van der Waals surface area contributed by atoms with Gasteiger partial charge < -0.3 is 10.1 Å². The fraction of sp³-hybridized carbons (Fsp3) is 0.0714. The lowest BCUT2D eigenvalue weighted by molar-refractivity contribution is -0.384. The Hall–Kier alpha value is -2.67. The summed E-state index contributed by atoms with van der Waals surface area (Å²) in [6.45, 7) is 0. The van der Waals surface area contributed by atoms with Gasteiger partial charge in [-0.3, -0.25) is 14.9 Å². The van der Waals surface area contributed by atoms with Crippen molar-refractivity contribution in [1.82, 2.24) is 0 Å². The molecular formula is C14H12N2O4S. The van der Waals surface area contributed by atoms with E-state index in [0.717, 1.165) is 4.88 Å². The lowest BCUT2D eigenvalue weighted by Gasteiger charge is -2.05. The molecule has 108 valence electrons. The second-order valence-electron chi connectivity index (χ2n) is 3.98. The number of nitro groups is 1. The molecule has 1 aromatic carbocycles. The molecule has 0 radical (unpaired) electrons. The molecule has 21 heavy (non-hydrogen) atoms. The number of carbonyl (C=O) groups excluding carboxylic acids is 1. The van der Waals surface area contributed by atoms with Gasteiger partial charge in [0.15, 0.2) is 0 Å². The average molecular weight is 304 g/mol. The van der Waals surface area contributed by atoms with Crippen molar-refractivity contribution in [1.29, 1.82) is 0 Å². The van der Waals surface area contributed by atoms with Gasteiger partial charge in [-0.25, -0.2) is 0 Å². The molecule has 0 spiro atoms. The maximum Gasteiger partial charge on any atom is 0.296 e. The molecule has 0 saturated carbocycles. The summed E-state index contributed by atoms with van der Waals surface area (Å²) in [6.07, 6.45) is 2.98. The molecular weight excluding hydrogens is 292 g/mol. The largest absolute Gasteiger partial charge is 0.496 e. The number of methoxy groups -OCH3 is 1. The maximum absolute atomic E-state index is 11.8. The van der Waals surface area contributed by atoms with Gasteiger partial charge in [0.1, 0.15) is 11.4 Å². The smallest absolute Gasteiger partial charge is 0.296 e. The van der Waals surface area contributed by atoms with Crippen LogP contribution in [0.15, 0.2) is 41.8 Å². The molecule has 0 atom stereocenters. The van der Waals surface area contributed by atoms with Gasteiger partial charge >= 0.3 is 0 Å². The Morgan fingerprint density at radius 1 is 1.43 bits per heavy atom. The molecule has 0 aliphatic carbocycles. The van der Waals surface area contributed by atoms with Crippen molar-refractivity contribution >= 4 is 34.7 Å². The van der Waals surface area contributed by atoms with Gasteiger partial charge in [-0.1, -0.05) is 6.07 Å². The number of ether oxygens (including phenoxy) is 1. The van der Waals surface area contributed by atoms with E-state index in [1.54, 1.807) is 12.1 Å². The molecule has 0 fully saturated rings. The Labute approximate surface area is 124 Å². The number of anilines is 1. The first-order valence-electron chi connectivity index (χ1n) is 5.95. The van der Waals surface area contributed by atoms with E-state index in [4.69, 9.17) is 4.74 Å². The van der Waals surface area contributed by atoms with Crippen LogP contribution in [-0.2, 0) is 4.79 Å². The molecule has 2 rings (SSSR count). The number of thiophene rings is 1. The van der Waals surface area contributed by atoms with Gasteiger partial charge in [-0.15, -0.1) is 11.3 Å². The first-order valence-corrected chi connectivity index (χ1v) is 6.83. The van der Waals surface area contributed by atoms with E-state index in [1.807, 2.05) is 17.5 Å². The zero-order valence-corrected chi connectivity index (χ0v) is 11.9. The van der Waals surface area contributed by atoms with Gasteiger partial charge in [-0.05, 0) is 29.7 Å². The first-order chi connectivity index (χ1) is 10.1. The van der Waals surface area contributed by atoms with Crippen LogP contribution >= 0.6 is 11.3 Å². The third-order valence-electron chi connectivity index (χ3n) is 2.60. The van der Waals surface area contributed by atoms with Crippen molar-refractivity contribution in [2.45, 2.75) is 0 Å². The minimum absolute atomic E-state index is 0.127. The predicted octanol–water partition coefficient (Wildman–Crippen LogP) is 3.32. The summed E-state index contributed by atoms with van der Waals surface area (Å²) >= 11 is 1.49. The number of nitrogens with one attached hydrogen (secondary N) is 1. The van der Waals surface area contributed by atoms with E-state index in [9.17, 15) is 14.9 Å². The van der Waals surface area contributed by atoms with Gasteiger partial charge in [0.25, 0.3) is 5.69 Å². The monoisotopic (exact) mass is 304 g/mol. The summed E-state index contributed by atoms with van der Waals surface area (Å²) in [6, 6.07) is 7.99. The third kappa shape index (κ3) is 3.90. The highest BCUT2D eigenvalue weighted by Gasteiger charge is 2.16. The summed E-state index contributed by atoms with van der Waals surface area (Å²) < 4.78 is 4.93. The Balaban J connectivity index is 2.15. The van der Waals surface area contributed by atoms with E-state index in [0.29, 0.717) is 5.75 Å². The lowest BCUT2D eigenvalue weighted by Crippen LogP contribution is -2.09. The van der Waals surface area contributed by atoms with Crippen LogP contribution in [0.4, 0.5) is 11.4 Å². The SMILES string of the molecule is COc1ccc(NC(=O)/C=C/c2cccs2)c([N+](=O)[O-])c1. The molecule has 0 bridgehead atoms. The fourth-order valence-corrected chi connectivity index (χ4v) is 2.23. The molecule has 6 nitrogen and oxygen atoms in total. The molecule has 1 aromatic heterocycles. The zero-order valence-electron chi connectivity index (χ0n) is 11.1. The second kappa shape index (κ2) is 6.67. The minimum atomic E-state index is -0.568. The average Bonchev–Trinajstić information content (AvgIpc) is 2.98. The van der Waals surface area contributed by atoms with E-state index >= 15 is 0 Å². The molecule has 1 heterocycles. The van der Waals surface area contributed by atoms with Crippen molar-refractivity contribution in [2.75, 3.05) is 12.4 Å². The second-order valence-corrected chi connectivity index (χ2v) is 4.96. The first kappa shape index (κ1) is 14.7. The molecule has 0 aliphatic rings. The summed E-state index contributed by atoms with van der Waals surface area (Å²) in [5, 5.41) is 15.4. The number of hydrogen-bond acceptors (Lipinski definition) is 5. The molecule has 2 aromatic rings. The molecule has 0 unspecified atom stereocenters. The van der Waals surface area contributed by atoms with Crippen LogP contribution < -0.4 is 10.1 Å². The quantitative estimate of drug-likeness (QED) is 0.522. The van der Waals surface area contributed by atoms with E-state index in [2.05, 4.69) is 5.32 Å². The standard InChI is InChI=1S/C14H12N2O4S/c1-20-10-4-6-12(13(9-10)16(18)19)15-14(17)7-5-11-3-2-8-21-11/h2-9H,1H3,(H,15,17)/b7-5+. The Morgan fingerprint density at radius 2 is 2.24 bits per heavy atom. The van der Waals surface area contributed by atoms with Crippen molar-refractivity contribution in [3.05, 3.63) is 56.8 Å². The number of nitro benzene ring substituents is 1. The van der Waals surface area contributed by atoms with Crippen molar-refractivity contribution in [3.8, 4) is 5.75 Å². The minimum Gasteiger partial charge on any atom is -0.496 e. The van der Waals surface area contributed by atoms with E-state index < -0.39 is 10.8 Å². The number of nitrogens with zero attached hydrogens (tertiary/aromatic N) is 1. The number of amides is 1. The molecule has 7 heteroatoms. The van der Waals surface area contributed by atoms with E-state index in [-0.39, 0.29) is 11.4 Å². The van der Waals surface area contributed by atoms with Crippen LogP contribution in [0, 0.1) is 10.1 Å². The molecule has 1 N–H and O–H groups in total. The fourth-order valence-electron chi connectivity index (χ4n) is 1.61. The van der Waals surface area contributed by atoms with Crippen LogP contribution in [0.3, 0.4) is 0 Å². The molecule has 0 saturated heterocycles. The molecule has 1 amide bonds. The Kier molecular flexibility index (Phi) is 4.68. The van der Waals surface area contributed by atoms with Crippen LogP contribution in [-0.4, -0.2) is 17.9 Å². The van der Waals surface area contributed by atoms with Gasteiger partial charge in [0, 0.05) is 11.0 Å². The van der Waals surface area contributed by atoms with E-state index in [1.165, 1.54) is 36.7 Å². The molecule has 0 aliphatic heterocycles. The summed E-state index contributed by atoms with van der Waals surface area (Å²) in [5.74, 6) is -0.0782. The topological polar surface area (TPSA) is 81.5 Å². The maximum atomic E-state index is 11.8. The number of rotatable bonds is 5. The number of hydrogen-bond donors (Lipinski definition) is 1. The van der Waals surface area contributed by atoms with Crippen LogP contribution in [0.2, 0.25) is 0 Å². The lowest BCUT2D eigenvalue weighted by atomic mass is 10.2. The van der Waals surface area contributed by atoms with Crippen molar-refractivity contribution < 1.29 is 14.5 Å². The van der Waals surface area contributed by atoms with Crippen molar-refractivity contribution in [2.24, 2.45) is 0 Å². The van der Waals surface area contributed by atoms with Crippen molar-refractivity contribution in [3.63, 3.8) is 0 Å². The Morgan fingerprint density at radius 3 is 2.86 bits per heavy atom.